The highest BCUT2D eigenvalue weighted by atomic mass is 16.3. The van der Waals surface area contributed by atoms with Gasteiger partial charge in [0.25, 0.3) is 5.91 Å². The fraction of sp³-hybridized carbons (Fsp3) is 0.452. The first-order valence-electron chi connectivity index (χ1n) is 13.6. The second kappa shape index (κ2) is 9.55. The van der Waals surface area contributed by atoms with Crippen molar-refractivity contribution < 1.29 is 9.90 Å². The molecule has 6 heteroatoms. The van der Waals surface area contributed by atoms with Crippen molar-refractivity contribution in [2.24, 2.45) is 0 Å². The second-order valence-electron chi connectivity index (χ2n) is 11.1. The largest absolute Gasteiger partial charge is 0.391 e. The van der Waals surface area contributed by atoms with Crippen LogP contribution in [0.4, 0.5) is 0 Å². The van der Waals surface area contributed by atoms with E-state index in [4.69, 9.17) is 0 Å². The van der Waals surface area contributed by atoms with E-state index < -0.39 is 11.5 Å². The highest BCUT2D eigenvalue weighted by Gasteiger charge is 2.40. The minimum atomic E-state index is -0.542. The van der Waals surface area contributed by atoms with Crippen molar-refractivity contribution in [2.75, 3.05) is 13.1 Å². The topological polar surface area (TPSA) is 80.5 Å². The summed E-state index contributed by atoms with van der Waals surface area (Å²) in [6, 6.07) is 19.0. The summed E-state index contributed by atoms with van der Waals surface area (Å²) in [6.07, 6.45) is 4.79. The second-order valence-corrected chi connectivity index (χ2v) is 11.1. The summed E-state index contributed by atoms with van der Waals surface area (Å²) in [7, 11) is 0. The van der Waals surface area contributed by atoms with E-state index in [1.807, 2.05) is 36.1 Å². The number of carbonyl (C=O) groups is 1. The van der Waals surface area contributed by atoms with Crippen molar-refractivity contribution in [1.29, 1.82) is 5.26 Å². The summed E-state index contributed by atoms with van der Waals surface area (Å²) in [4.78, 5) is 22.6. The number of piperidine rings is 1. The first-order valence-corrected chi connectivity index (χ1v) is 13.6. The molecule has 0 radical (unpaired) electrons. The number of nitriles is 1. The van der Waals surface area contributed by atoms with Crippen LogP contribution in [0.25, 0.3) is 10.8 Å². The molecular weight excluding hydrogens is 460 g/mol. The zero-order valence-corrected chi connectivity index (χ0v) is 21.5. The number of nitrogens with zero attached hydrogens (tertiary/aromatic N) is 4. The Balaban J connectivity index is 1.26. The number of aliphatic hydroxyl groups excluding tert-OH is 1. The van der Waals surface area contributed by atoms with E-state index in [1.165, 1.54) is 5.39 Å². The number of aliphatic hydroxyl groups is 1. The first kappa shape index (κ1) is 24.1. The maximum atomic E-state index is 13.6. The minimum absolute atomic E-state index is 0.0561. The first-order chi connectivity index (χ1) is 18.0. The van der Waals surface area contributed by atoms with Crippen molar-refractivity contribution in [3.05, 3.63) is 76.6 Å². The Kier molecular flexibility index (Phi) is 6.22. The Labute approximate surface area is 218 Å². The van der Waals surface area contributed by atoms with E-state index in [9.17, 15) is 15.2 Å². The molecule has 1 saturated heterocycles. The third kappa shape index (κ3) is 4.21. The molecule has 3 heterocycles. The lowest BCUT2D eigenvalue weighted by atomic mass is 9.76. The van der Waals surface area contributed by atoms with Gasteiger partial charge in [-0.3, -0.25) is 14.7 Å². The molecule has 1 aliphatic carbocycles. The summed E-state index contributed by atoms with van der Waals surface area (Å²) in [5.41, 5.74) is 4.33. The number of aryl methyl sites for hydroxylation is 1. The van der Waals surface area contributed by atoms with Crippen LogP contribution < -0.4 is 0 Å². The number of amides is 1. The van der Waals surface area contributed by atoms with E-state index >= 15 is 0 Å². The molecule has 2 atom stereocenters. The molecule has 2 aliphatic heterocycles. The monoisotopic (exact) mass is 494 g/mol. The van der Waals surface area contributed by atoms with Crippen molar-refractivity contribution in [3.63, 3.8) is 0 Å². The molecule has 0 unspecified atom stereocenters. The van der Waals surface area contributed by atoms with Crippen molar-refractivity contribution in [1.82, 2.24) is 14.8 Å². The standard InChI is InChI=1S/C31H34N4O2/c1-21-7-6-12-29(33-21)31(20-32)13-15-34(16-14-31)18-22-17-25-26(24-9-3-2-8-23(22)24)19-35(30(25)37)27-10-4-5-11-28(27)36/h2-3,6-9,12,17,27-28,36H,4-5,10-11,13-16,18-19H2,1H3/t27-,28-/m0/s1. The molecule has 6 rings (SSSR count). The lowest BCUT2D eigenvalue weighted by Gasteiger charge is -2.37. The summed E-state index contributed by atoms with van der Waals surface area (Å²) >= 11 is 0. The van der Waals surface area contributed by atoms with Gasteiger partial charge in [-0.25, -0.2) is 0 Å². The van der Waals surface area contributed by atoms with Gasteiger partial charge in [-0.15, -0.1) is 0 Å². The van der Waals surface area contributed by atoms with Gasteiger partial charge in [0, 0.05) is 37.4 Å². The molecule has 3 aliphatic rings. The number of likely N-dealkylation sites (tertiary alicyclic amines) is 1. The Morgan fingerprint density at radius 1 is 1.08 bits per heavy atom. The molecule has 190 valence electrons. The van der Waals surface area contributed by atoms with Crippen LogP contribution in [0.5, 0.6) is 0 Å². The van der Waals surface area contributed by atoms with Crippen LogP contribution in [0, 0.1) is 18.3 Å². The van der Waals surface area contributed by atoms with Crippen LogP contribution in [0.1, 0.15) is 71.4 Å². The van der Waals surface area contributed by atoms with E-state index in [2.05, 4.69) is 40.2 Å². The molecule has 1 aromatic heterocycles. The van der Waals surface area contributed by atoms with Gasteiger partial charge in [0.2, 0.25) is 0 Å². The predicted molar refractivity (Wildman–Crippen MR) is 143 cm³/mol. The molecule has 1 amide bonds. The average molecular weight is 495 g/mol. The Hall–Kier alpha value is -3.27. The number of hydrogen-bond donors (Lipinski definition) is 1. The third-order valence-electron chi connectivity index (χ3n) is 8.85. The number of carbonyl (C=O) groups excluding carboxylic acids is 1. The zero-order valence-electron chi connectivity index (χ0n) is 21.5. The molecule has 0 bridgehead atoms. The molecule has 6 nitrogen and oxygen atoms in total. The number of pyridine rings is 1. The van der Waals surface area contributed by atoms with Gasteiger partial charge < -0.3 is 10.0 Å². The number of aromatic nitrogens is 1. The summed E-state index contributed by atoms with van der Waals surface area (Å²) in [5.74, 6) is 0.0561. The van der Waals surface area contributed by atoms with Gasteiger partial charge in [-0.1, -0.05) is 43.2 Å². The normalized spacial score (nSPS) is 23.7. The molecule has 0 spiro atoms. The van der Waals surface area contributed by atoms with Crippen molar-refractivity contribution in [2.45, 2.75) is 76.1 Å². The Morgan fingerprint density at radius 3 is 2.57 bits per heavy atom. The molecule has 2 fully saturated rings. The number of rotatable bonds is 4. The molecule has 37 heavy (non-hydrogen) atoms. The van der Waals surface area contributed by atoms with Gasteiger partial charge in [-0.2, -0.15) is 5.26 Å². The number of hydrogen-bond acceptors (Lipinski definition) is 5. The highest BCUT2D eigenvalue weighted by molar-refractivity contribution is 6.05. The maximum Gasteiger partial charge on any atom is 0.254 e. The van der Waals surface area contributed by atoms with E-state index in [1.54, 1.807) is 0 Å². The van der Waals surface area contributed by atoms with Gasteiger partial charge in [0.05, 0.1) is 23.9 Å². The van der Waals surface area contributed by atoms with Crippen LogP contribution in [0.3, 0.4) is 0 Å². The summed E-state index contributed by atoms with van der Waals surface area (Å²) in [6.45, 7) is 4.91. The minimum Gasteiger partial charge on any atom is -0.391 e. The number of benzene rings is 2. The fourth-order valence-corrected chi connectivity index (χ4v) is 6.69. The predicted octanol–water partition coefficient (Wildman–Crippen LogP) is 4.86. The summed E-state index contributed by atoms with van der Waals surface area (Å²) in [5, 5.41) is 23.1. The van der Waals surface area contributed by atoms with Gasteiger partial charge in [-0.05, 0) is 72.7 Å². The molecule has 3 aromatic rings. The van der Waals surface area contributed by atoms with Crippen LogP contribution >= 0.6 is 0 Å². The molecule has 1 N–H and O–H groups in total. The van der Waals surface area contributed by atoms with Crippen LogP contribution in [0.2, 0.25) is 0 Å². The van der Waals surface area contributed by atoms with Crippen LogP contribution in [0.15, 0.2) is 48.5 Å². The lowest BCUT2D eigenvalue weighted by Crippen LogP contribution is -2.45. The van der Waals surface area contributed by atoms with Gasteiger partial charge in [0.15, 0.2) is 0 Å². The Morgan fingerprint density at radius 2 is 1.84 bits per heavy atom. The van der Waals surface area contributed by atoms with E-state index in [0.717, 1.165) is 91.6 Å². The third-order valence-corrected chi connectivity index (χ3v) is 8.85. The molecule has 1 saturated carbocycles. The van der Waals surface area contributed by atoms with Crippen molar-refractivity contribution >= 4 is 16.7 Å². The molecule has 2 aromatic carbocycles. The van der Waals surface area contributed by atoms with E-state index in [0.29, 0.717) is 6.54 Å². The lowest BCUT2D eigenvalue weighted by molar-refractivity contribution is 0.0192. The van der Waals surface area contributed by atoms with Crippen LogP contribution in [-0.2, 0) is 18.5 Å². The number of fused-ring (bicyclic) bond motifs is 3. The smallest absolute Gasteiger partial charge is 0.254 e. The van der Waals surface area contributed by atoms with Crippen LogP contribution in [-0.4, -0.2) is 51.0 Å². The average Bonchev–Trinajstić information content (AvgIpc) is 3.25. The Bertz CT molecular complexity index is 1390. The molecular formula is C31H34N4O2. The highest BCUT2D eigenvalue weighted by Crippen LogP contribution is 2.38. The van der Waals surface area contributed by atoms with Gasteiger partial charge in [0.1, 0.15) is 5.41 Å². The SMILES string of the molecule is Cc1cccc(C2(C#N)CCN(Cc3cc4c(c5ccccc35)CN([C@H]3CCCC[C@@H]3O)C4=O)CC2)n1. The van der Waals surface area contributed by atoms with Crippen molar-refractivity contribution in [3.8, 4) is 6.07 Å². The quantitative estimate of drug-likeness (QED) is 0.560. The maximum absolute atomic E-state index is 13.6. The fourth-order valence-electron chi connectivity index (χ4n) is 6.69. The van der Waals surface area contributed by atoms with Gasteiger partial charge >= 0.3 is 0 Å². The van der Waals surface area contributed by atoms with E-state index in [-0.39, 0.29) is 11.9 Å². The summed E-state index contributed by atoms with van der Waals surface area (Å²) < 4.78 is 0. The zero-order chi connectivity index (χ0) is 25.6.